The molecule has 0 radical (unpaired) electrons. The van der Waals surface area contributed by atoms with Gasteiger partial charge in [-0.15, -0.1) is 0 Å². The number of hydrogen-bond donors (Lipinski definition) is 0. The van der Waals surface area contributed by atoms with Crippen molar-refractivity contribution in [1.29, 1.82) is 0 Å². The molecule has 0 bridgehead atoms. The average Bonchev–Trinajstić information content (AvgIpc) is 2.74. The summed E-state index contributed by atoms with van der Waals surface area (Å²) in [7, 11) is -0.327. The molecule has 1 aliphatic heterocycles. The van der Waals surface area contributed by atoms with Crippen LogP contribution >= 0.6 is 0 Å². The van der Waals surface area contributed by atoms with Gasteiger partial charge < -0.3 is 13.7 Å². The van der Waals surface area contributed by atoms with E-state index in [0.29, 0.717) is 0 Å². The second-order valence-electron chi connectivity index (χ2n) is 6.55. The number of hydrogen-bond acceptors (Lipinski definition) is 3. The molecule has 20 heavy (non-hydrogen) atoms. The van der Waals surface area contributed by atoms with Gasteiger partial charge >= 0.3 is 7.12 Å². The minimum Gasteiger partial charge on any atom is -0.399 e. The molecule has 0 N–H and O–H groups in total. The van der Waals surface area contributed by atoms with Crippen LogP contribution in [0.5, 0.6) is 0 Å². The van der Waals surface area contributed by atoms with E-state index in [9.17, 15) is 0 Å². The first-order valence-corrected chi connectivity index (χ1v) is 7.02. The first-order valence-electron chi connectivity index (χ1n) is 7.02. The molecule has 1 aliphatic rings. The third kappa shape index (κ3) is 1.88. The molecule has 3 heterocycles. The summed E-state index contributed by atoms with van der Waals surface area (Å²) < 4.78 is 14.3. The molecular weight excluding hydrogens is 251 g/mol. The monoisotopic (exact) mass is 272 g/mol. The molecular formula is C15H21BN2O2. The highest BCUT2D eigenvalue weighted by molar-refractivity contribution is 6.62. The molecule has 0 aromatic carbocycles. The Morgan fingerprint density at radius 1 is 1.05 bits per heavy atom. The zero-order chi connectivity index (χ0) is 14.7. The van der Waals surface area contributed by atoms with Crippen molar-refractivity contribution in [1.82, 2.24) is 9.38 Å². The molecule has 2 aromatic rings. The zero-order valence-electron chi connectivity index (χ0n) is 13.0. The van der Waals surface area contributed by atoms with Crippen LogP contribution in [-0.4, -0.2) is 27.7 Å². The van der Waals surface area contributed by atoms with Crippen molar-refractivity contribution in [2.45, 2.75) is 52.7 Å². The summed E-state index contributed by atoms with van der Waals surface area (Å²) in [6.07, 6.45) is 2.06. The van der Waals surface area contributed by atoms with Gasteiger partial charge in [0.25, 0.3) is 0 Å². The van der Waals surface area contributed by atoms with Gasteiger partial charge in [-0.05, 0) is 53.1 Å². The number of imidazole rings is 1. The standard InChI is InChI=1S/C15H21BN2O2/c1-10-13-8-7-12(9-18(13)11(2)17-10)16-19-14(3,4)15(5,6)20-16/h7-9H,1-6H3. The smallest absolute Gasteiger partial charge is 0.399 e. The topological polar surface area (TPSA) is 35.8 Å². The van der Waals surface area contributed by atoms with Crippen molar-refractivity contribution in [3.05, 3.63) is 29.8 Å². The van der Waals surface area contributed by atoms with E-state index in [1.165, 1.54) is 0 Å². The first-order chi connectivity index (χ1) is 9.21. The normalized spacial score (nSPS) is 20.8. The molecule has 1 saturated heterocycles. The second-order valence-corrected chi connectivity index (χ2v) is 6.55. The number of rotatable bonds is 1. The summed E-state index contributed by atoms with van der Waals surface area (Å²) in [5.74, 6) is 0.982. The number of fused-ring (bicyclic) bond motifs is 1. The number of nitrogens with zero attached hydrogens (tertiary/aromatic N) is 2. The van der Waals surface area contributed by atoms with Crippen LogP contribution in [0.4, 0.5) is 0 Å². The quantitative estimate of drug-likeness (QED) is 0.747. The van der Waals surface area contributed by atoms with Crippen molar-refractivity contribution in [2.24, 2.45) is 0 Å². The highest BCUT2D eigenvalue weighted by Crippen LogP contribution is 2.36. The fourth-order valence-corrected chi connectivity index (χ4v) is 2.55. The van der Waals surface area contributed by atoms with Crippen molar-refractivity contribution in [3.8, 4) is 0 Å². The van der Waals surface area contributed by atoms with Gasteiger partial charge in [-0.2, -0.15) is 0 Å². The lowest BCUT2D eigenvalue weighted by atomic mass is 9.80. The van der Waals surface area contributed by atoms with E-state index in [2.05, 4.69) is 55.4 Å². The molecule has 0 spiro atoms. The molecule has 1 fully saturated rings. The van der Waals surface area contributed by atoms with Crippen molar-refractivity contribution in [2.75, 3.05) is 0 Å². The second kappa shape index (κ2) is 4.09. The summed E-state index contributed by atoms with van der Waals surface area (Å²) >= 11 is 0. The van der Waals surface area contributed by atoms with Crippen LogP contribution in [0, 0.1) is 13.8 Å². The van der Waals surface area contributed by atoms with Crippen LogP contribution in [0.15, 0.2) is 18.3 Å². The van der Waals surface area contributed by atoms with Crippen LogP contribution in [0.2, 0.25) is 0 Å². The summed E-state index contributed by atoms with van der Waals surface area (Å²) in [4.78, 5) is 4.50. The van der Waals surface area contributed by atoms with Crippen LogP contribution < -0.4 is 5.46 Å². The Morgan fingerprint density at radius 2 is 1.65 bits per heavy atom. The fraction of sp³-hybridized carbons (Fsp3) is 0.533. The van der Waals surface area contributed by atoms with Crippen molar-refractivity contribution >= 4 is 18.1 Å². The van der Waals surface area contributed by atoms with E-state index in [-0.39, 0.29) is 18.3 Å². The van der Waals surface area contributed by atoms with Gasteiger partial charge in [0.15, 0.2) is 0 Å². The van der Waals surface area contributed by atoms with E-state index in [4.69, 9.17) is 9.31 Å². The minimum atomic E-state index is -0.327. The molecule has 0 unspecified atom stereocenters. The lowest BCUT2D eigenvalue weighted by Crippen LogP contribution is -2.41. The molecule has 5 heteroatoms. The summed E-state index contributed by atoms with van der Waals surface area (Å²) in [6.45, 7) is 12.3. The molecule has 0 amide bonds. The molecule has 3 rings (SSSR count). The third-order valence-electron chi connectivity index (χ3n) is 4.55. The van der Waals surface area contributed by atoms with Gasteiger partial charge in [-0.1, -0.05) is 6.07 Å². The van der Waals surface area contributed by atoms with Gasteiger partial charge in [0, 0.05) is 6.20 Å². The maximum atomic E-state index is 6.09. The molecule has 4 nitrogen and oxygen atoms in total. The Labute approximate surface area is 120 Å². The van der Waals surface area contributed by atoms with E-state index < -0.39 is 0 Å². The fourth-order valence-electron chi connectivity index (χ4n) is 2.55. The Balaban J connectivity index is 2.02. The molecule has 106 valence electrons. The van der Waals surface area contributed by atoms with Crippen LogP contribution in [0.1, 0.15) is 39.2 Å². The predicted octanol–water partition coefficient (Wildman–Crippen LogP) is 2.25. The van der Waals surface area contributed by atoms with Crippen LogP contribution in [-0.2, 0) is 9.31 Å². The van der Waals surface area contributed by atoms with Crippen molar-refractivity contribution < 1.29 is 9.31 Å². The van der Waals surface area contributed by atoms with Crippen LogP contribution in [0.3, 0.4) is 0 Å². The summed E-state index contributed by atoms with van der Waals surface area (Å²) in [5, 5.41) is 0. The number of aromatic nitrogens is 2. The highest BCUT2D eigenvalue weighted by atomic mass is 16.7. The molecule has 2 aromatic heterocycles. The summed E-state index contributed by atoms with van der Waals surface area (Å²) in [6, 6.07) is 4.14. The predicted molar refractivity (Wildman–Crippen MR) is 80.4 cm³/mol. The lowest BCUT2D eigenvalue weighted by molar-refractivity contribution is 0.00578. The summed E-state index contributed by atoms with van der Waals surface area (Å²) in [5.41, 5.74) is 2.57. The first kappa shape index (κ1) is 13.6. The van der Waals surface area contributed by atoms with Gasteiger partial charge in [-0.25, -0.2) is 4.98 Å². The van der Waals surface area contributed by atoms with E-state index in [1.54, 1.807) is 0 Å². The SMILES string of the molecule is Cc1nc(C)n2cc(B3OC(C)(C)C(C)(C)O3)ccc12. The molecule has 0 atom stereocenters. The molecule has 0 saturated carbocycles. The molecule has 0 aliphatic carbocycles. The Hall–Kier alpha value is -1.33. The van der Waals surface area contributed by atoms with Gasteiger partial charge in [0.05, 0.1) is 22.4 Å². The zero-order valence-corrected chi connectivity index (χ0v) is 13.0. The van der Waals surface area contributed by atoms with Crippen molar-refractivity contribution in [3.63, 3.8) is 0 Å². The van der Waals surface area contributed by atoms with E-state index in [1.807, 2.05) is 13.8 Å². The Bertz CT molecular complexity index is 660. The maximum Gasteiger partial charge on any atom is 0.496 e. The maximum absolute atomic E-state index is 6.09. The van der Waals surface area contributed by atoms with Gasteiger partial charge in [-0.3, -0.25) is 0 Å². The Morgan fingerprint density at radius 3 is 2.25 bits per heavy atom. The van der Waals surface area contributed by atoms with Gasteiger partial charge in [0.2, 0.25) is 0 Å². The van der Waals surface area contributed by atoms with E-state index in [0.717, 1.165) is 22.5 Å². The number of pyridine rings is 1. The highest BCUT2D eigenvalue weighted by Gasteiger charge is 2.51. The lowest BCUT2D eigenvalue weighted by Gasteiger charge is -2.32. The largest absolute Gasteiger partial charge is 0.496 e. The number of aryl methyl sites for hydroxylation is 2. The third-order valence-corrected chi connectivity index (χ3v) is 4.55. The van der Waals surface area contributed by atoms with E-state index >= 15 is 0 Å². The van der Waals surface area contributed by atoms with Gasteiger partial charge in [0.1, 0.15) is 5.82 Å². The Kier molecular flexibility index (Phi) is 2.79. The minimum absolute atomic E-state index is 0.313. The van der Waals surface area contributed by atoms with Crippen LogP contribution in [0.25, 0.3) is 5.52 Å². The average molecular weight is 272 g/mol.